The standard InChI is InChI=1S/C10H15NO2/c1-3-4-5-6-7-8-9-11-10(12)13-2/h3-7H,1,8-9H2,2H3,(H,11,12)/b5-4-,7-6-. The largest absolute Gasteiger partial charge is 0.453 e. The molecule has 0 aliphatic rings. The molecule has 1 amide bonds. The summed E-state index contributed by atoms with van der Waals surface area (Å²) in [5.41, 5.74) is 0. The second kappa shape index (κ2) is 8.59. The lowest BCUT2D eigenvalue weighted by molar-refractivity contribution is 0.171. The fourth-order valence-electron chi connectivity index (χ4n) is 0.647. The molecule has 1 N–H and O–H groups in total. The predicted octanol–water partition coefficient (Wildman–Crippen LogP) is 2.03. The fraction of sp³-hybridized carbons (Fsp3) is 0.300. The van der Waals surface area contributed by atoms with Gasteiger partial charge in [0.05, 0.1) is 7.11 Å². The molecule has 0 saturated carbocycles. The van der Waals surface area contributed by atoms with Gasteiger partial charge in [-0.3, -0.25) is 0 Å². The first-order valence-corrected chi connectivity index (χ1v) is 4.07. The van der Waals surface area contributed by atoms with E-state index in [0.29, 0.717) is 6.54 Å². The summed E-state index contributed by atoms with van der Waals surface area (Å²) >= 11 is 0. The van der Waals surface area contributed by atoms with Crippen LogP contribution in [0.15, 0.2) is 37.0 Å². The Labute approximate surface area is 78.8 Å². The van der Waals surface area contributed by atoms with Crippen LogP contribution >= 0.6 is 0 Å². The van der Waals surface area contributed by atoms with Gasteiger partial charge in [0.15, 0.2) is 0 Å². The Morgan fingerprint density at radius 1 is 1.46 bits per heavy atom. The van der Waals surface area contributed by atoms with E-state index in [1.165, 1.54) is 7.11 Å². The van der Waals surface area contributed by atoms with E-state index >= 15 is 0 Å². The molecule has 0 heterocycles. The third-order valence-electron chi connectivity index (χ3n) is 1.26. The average Bonchev–Trinajstić information content (AvgIpc) is 2.16. The zero-order valence-corrected chi connectivity index (χ0v) is 7.82. The molecule has 0 aromatic heterocycles. The number of carbonyl (C=O) groups excluding carboxylic acids is 1. The monoisotopic (exact) mass is 181 g/mol. The van der Waals surface area contributed by atoms with Gasteiger partial charge in [-0.2, -0.15) is 0 Å². The van der Waals surface area contributed by atoms with Crippen LogP contribution in [-0.4, -0.2) is 19.7 Å². The van der Waals surface area contributed by atoms with Crippen LogP contribution in [-0.2, 0) is 4.74 Å². The molecule has 0 aromatic carbocycles. The van der Waals surface area contributed by atoms with Gasteiger partial charge >= 0.3 is 6.09 Å². The third-order valence-corrected chi connectivity index (χ3v) is 1.26. The van der Waals surface area contributed by atoms with Gasteiger partial charge in [0.1, 0.15) is 0 Å². The van der Waals surface area contributed by atoms with E-state index in [-0.39, 0.29) is 0 Å². The molecule has 0 aliphatic heterocycles. The number of rotatable bonds is 5. The van der Waals surface area contributed by atoms with Crippen molar-refractivity contribution in [1.29, 1.82) is 0 Å². The first-order valence-electron chi connectivity index (χ1n) is 4.07. The number of nitrogens with one attached hydrogen (secondary N) is 1. The summed E-state index contributed by atoms with van der Waals surface area (Å²) in [6.45, 7) is 4.12. The molecule has 72 valence electrons. The number of hydrogen-bond acceptors (Lipinski definition) is 2. The highest BCUT2D eigenvalue weighted by molar-refractivity contribution is 5.66. The van der Waals surface area contributed by atoms with E-state index in [0.717, 1.165) is 6.42 Å². The number of amides is 1. The molecule has 0 spiro atoms. The first kappa shape index (κ1) is 11.5. The quantitative estimate of drug-likeness (QED) is 0.520. The highest BCUT2D eigenvalue weighted by atomic mass is 16.5. The summed E-state index contributed by atoms with van der Waals surface area (Å²) in [5.74, 6) is 0. The minimum absolute atomic E-state index is 0.393. The Morgan fingerprint density at radius 2 is 2.23 bits per heavy atom. The van der Waals surface area contributed by atoms with Gasteiger partial charge in [-0.25, -0.2) is 4.79 Å². The van der Waals surface area contributed by atoms with Crippen LogP contribution in [0.25, 0.3) is 0 Å². The lowest BCUT2D eigenvalue weighted by atomic mass is 10.3. The SMILES string of the molecule is C=C/C=C\C=C/CCNC(=O)OC. The maximum absolute atomic E-state index is 10.6. The van der Waals surface area contributed by atoms with Crippen LogP contribution in [0.4, 0.5) is 4.79 Å². The number of hydrogen-bond donors (Lipinski definition) is 1. The van der Waals surface area contributed by atoms with Gasteiger partial charge in [-0.15, -0.1) is 0 Å². The van der Waals surface area contributed by atoms with E-state index in [9.17, 15) is 4.79 Å². The molecule has 0 rings (SSSR count). The van der Waals surface area contributed by atoms with Crippen LogP contribution in [0.1, 0.15) is 6.42 Å². The summed E-state index contributed by atoms with van der Waals surface area (Å²) in [6.07, 6.45) is 9.68. The minimum Gasteiger partial charge on any atom is -0.453 e. The van der Waals surface area contributed by atoms with Gasteiger partial charge < -0.3 is 10.1 Å². The topological polar surface area (TPSA) is 38.3 Å². The van der Waals surface area contributed by atoms with Crippen molar-refractivity contribution in [2.24, 2.45) is 0 Å². The number of methoxy groups -OCH3 is 1. The summed E-state index contributed by atoms with van der Waals surface area (Å²) in [4.78, 5) is 10.6. The third kappa shape index (κ3) is 8.40. The molecule has 0 aromatic rings. The number of alkyl carbamates (subject to hydrolysis) is 1. The van der Waals surface area contributed by atoms with Crippen molar-refractivity contribution in [1.82, 2.24) is 5.32 Å². The van der Waals surface area contributed by atoms with Gasteiger partial charge in [0.25, 0.3) is 0 Å². The second-order valence-electron chi connectivity index (χ2n) is 2.26. The molecule has 0 fully saturated rings. The predicted molar refractivity (Wildman–Crippen MR) is 53.5 cm³/mol. The van der Waals surface area contributed by atoms with E-state index in [1.54, 1.807) is 6.08 Å². The van der Waals surface area contributed by atoms with Gasteiger partial charge in [0.2, 0.25) is 0 Å². The van der Waals surface area contributed by atoms with Crippen LogP contribution < -0.4 is 5.32 Å². The minimum atomic E-state index is -0.393. The molecule has 13 heavy (non-hydrogen) atoms. The molecule has 0 saturated heterocycles. The fourth-order valence-corrected chi connectivity index (χ4v) is 0.647. The zero-order chi connectivity index (χ0) is 9.94. The molecule has 0 atom stereocenters. The Hall–Kier alpha value is -1.51. The molecule has 0 aliphatic carbocycles. The number of ether oxygens (including phenoxy) is 1. The van der Waals surface area contributed by atoms with Crippen molar-refractivity contribution in [2.45, 2.75) is 6.42 Å². The second-order valence-corrected chi connectivity index (χ2v) is 2.26. The molecule has 3 nitrogen and oxygen atoms in total. The molecule has 0 unspecified atom stereocenters. The normalized spacial score (nSPS) is 10.5. The van der Waals surface area contributed by atoms with Gasteiger partial charge in [-0.05, 0) is 6.42 Å². The molecular formula is C10H15NO2. The summed E-state index contributed by atoms with van der Waals surface area (Å²) in [7, 11) is 1.35. The average molecular weight is 181 g/mol. The van der Waals surface area contributed by atoms with Crippen molar-refractivity contribution in [3.05, 3.63) is 37.0 Å². The summed E-state index contributed by atoms with van der Waals surface area (Å²) in [6, 6.07) is 0. The van der Waals surface area contributed by atoms with Crippen molar-refractivity contribution < 1.29 is 9.53 Å². The maximum Gasteiger partial charge on any atom is 0.406 e. The van der Waals surface area contributed by atoms with Crippen LogP contribution in [0.3, 0.4) is 0 Å². The molecule has 3 heteroatoms. The number of allylic oxidation sites excluding steroid dienone is 4. The van der Waals surface area contributed by atoms with Gasteiger partial charge in [-0.1, -0.05) is 37.0 Å². The van der Waals surface area contributed by atoms with Crippen molar-refractivity contribution in [3.8, 4) is 0 Å². The number of carbonyl (C=O) groups is 1. The molecular weight excluding hydrogens is 166 g/mol. The molecule has 0 bridgehead atoms. The van der Waals surface area contributed by atoms with E-state index < -0.39 is 6.09 Å². The van der Waals surface area contributed by atoms with Crippen LogP contribution in [0, 0.1) is 0 Å². The Kier molecular flexibility index (Phi) is 7.59. The summed E-state index contributed by atoms with van der Waals surface area (Å²) < 4.78 is 4.39. The zero-order valence-electron chi connectivity index (χ0n) is 7.82. The Morgan fingerprint density at radius 3 is 2.85 bits per heavy atom. The van der Waals surface area contributed by atoms with Crippen LogP contribution in [0.5, 0.6) is 0 Å². The molecule has 0 radical (unpaired) electrons. The van der Waals surface area contributed by atoms with Crippen molar-refractivity contribution >= 4 is 6.09 Å². The first-order chi connectivity index (χ1) is 6.31. The van der Waals surface area contributed by atoms with Crippen LogP contribution in [0.2, 0.25) is 0 Å². The Balaban J connectivity index is 3.34. The smallest absolute Gasteiger partial charge is 0.406 e. The van der Waals surface area contributed by atoms with Gasteiger partial charge in [0, 0.05) is 6.54 Å². The van der Waals surface area contributed by atoms with Crippen molar-refractivity contribution in [3.63, 3.8) is 0 Å². The van der Waals surface area contributed by atoms with E-state index in [1.807, 2.05) is 24.3 Å². The van der Waals surface area contributed by atoms with E-state index in [4.69, 9.17) is 0 Å². The maximum atomic E-state index is 10.6. The lowest BCUT2D eigenvalue weighted by Gasteiger charge is -1.99. The van der Waals surface area contributed by atoms with Crippen molar-refractivity contribution in [2.75, 3.05) is 13.7 Å². The Bertz CT molecular complexity index is 207. The van der Waals surface area contributed by atoms with E-state index in [2.05, 4.69) is 16.6 Å². The highest BCUT2D eigenvalue weighted by Crippen LogP contribution is 1.83. The highest BCUT2D eigenvalue weighted by Gasteiger charge is 1.92. The lowest BCUT2D eigenvalue weighted by Crippen LogP contribution is -2.23. The summed E-state index contributed by atoms with van der Waals surface area (Å²) in [5, 5.41) is 2.57.